The molecule has 4 aliphatic rings. The van der Waals surface area contributed by atoms with Crippen molar-refractivity contribution in [3.63, 3.8) is 0 Å². The van der Waals surface area contributed by atoms with E-state index in [0.29, 0.717) is 38.5 Å². The Kier molecular flexibility index (Phi) is 7.47. The molecule has 1 aliphatic heterocycles. The van der Waals surface area contributed by atoms with Gasteiger partial charge in [-0.05, 0) is 62.7 Å². The molecule has 2 spiro atoms. The Morgan fingerprint density at radius 3 is 2.32 bits per heavy atom. The molecular formula is C27H38N6O8. The van der Waals surface area contributed by atoms with Gasteiger partial charge >= 0.3 is 17.7 Å². The second-order valence-corrected chi connectivity index (χ2v) is 12.2. The number of nitrogen functional groups attached to an aromatic ring is 1. The number of likely N-dealkylation sites (N-methyl/N-ethyl adjacent to an activating group) is 1. The van der Waals surface area contributed by atoms with Crippen LogP contribution in [0.5, 0.6) is 5.88 Å². The van der Waals surface area contributed by atoms with E-state index in [1.807, 2.05) is 0 Å². The molecule has 0 bridgehead atoms. The molecule has 4 fully saturated rings. The average Bonchev–Trinajstić information content (AvgIpc) is 3.47. The molecular weight excluding hydrogens is 536 g/mol. The number of hydrogen-bond donors (Lipinski definition) is 4. The number of aromatic hydroxyl groups is 1. The van der Waals surface area contributed by atoms with E-state index >= 15 is 0 Å². The SMILES string of the molecule is CN1C(=O)N(CCOCC(=O)O)C2(CC3(CCC(n4c(=O)c(C(=N)N)c(O)n(CC5CCCC5)c4=O)CC3)C2)C1=O. The summed E-state index contributed by atoms with van der Waals surface area (Å²) in [7, 11) is 1.44. The van der Waals surface area contributed by atoms with Crippen molar-refractivity contribution in [2.24, 2.45) is 17.1 Å². The van der Waals surface area contributed by atoms with Crippen molar-refractivity contribution in [1.82, 2.24) is 18.9 Å². The van der Waals surface area contributed by atoms with E-state index in [-0.39, 0.29) is 42.5 Å². The van der Waals surface area contributed by atoms with Crippen molar-refractivity contribution in [2.75, 3.05) is 26.8 Å². The fourth-order valence-corrected chi connectivity index (χ4v) is 7.69. The first kappa shape index (κ1) is 28.8. The predicted molar refractivity (Wildman–Crippen MR) is 145 cm³/mol. The number of carbonyl (C=O) groups is 3. The summed E-state index contributed by atoms with van der Waals surface area (Å²) in [6.07, 6.45) is 7.03. The van der Waals surface area contributed by atoms with Gasteiger partial charge in [0.2, 0.25) is 5.88 Å². The molecule has 3 amide bonds. The lowest BCUT2D eigenvalue weighted by Gasteiger charge is -2.58. The second kappa shape index (κ2) is 10.6. The molecule has 5 rings (SSSR count). The maximum Gasteiger partial charge on any atom is 0.334 e. The lowest BCUT2D eigenvalue weighted by atomic mass is 9.51. The number of carbonyl (C=O) groups excluding carboxylic acids is 2. The molecule has 3 saturated carbocycles. The standard InChI is InChI=1S/C27H38N6O8/c1-30-23(38)27(32(24(30)39)10-11-41-13-18(34)35)14-26(15-27)8-6-17(7-9-26)33-22(37)19(20(28)29)21(36)31(25(33)40)12-16-4-2-3-5-16/h16-17,36H,2-15H2,1H3,(H3,28,29)(H,34,35). The Morgan fingerprint density at radius 1 is 1.10 bits per heavy atom. The topological polar surface area (TPSA) is 201 Å². The van der Waals surface area contributed by atoms with Crippen LogP contribution in [0.3, 0.4) is 0 Å². The fraction of sp³-hybridized carbons (Fsp3) is 0.704. The molecule has 5 N–H and O–H groups in total. The third-order valence-corrected chi connectivity index (χ3v) is 9.67. The molecule has 1 saturated heterocycles. The molecule has 224 valence electrons. The van der Waals surface area contributed by atoms with Gasteiger partial charge in [0.05, 0.1) is 6.61 Å². The third kappa shape index (κ3) is 4.81. The van der Waals surface area contributed by atoms with Crippen molar-refractivity contribution in [2.45, 2.75) is 82.3 Å². The van der Waals surface area contributed by atoms with Crippen molar-refractivity contribution < 1.29 is 29.3 Å². The highest BCUT2D eigenvalue weighted by molar-refractivity contribution is 6.07. The van der Waals surface area contributed by atoms with Gasteiger partial charge in [0.25, 0.3) is 11.5 Å². The number of aliphatic carboxylic acids is 1. The normalized spacial score (nSPS) is 28.2. The number of amidine groups is 1. The van der Waals surface area contributed by atoms with Crippen molar-refractivity contribution in [3.05, 3.63) is 26.4 Å². The van der Waals surface area contributed by atoms with E-state index in [9.17, 15) is 29.1 Å². The molecule has 0 atom stereocenters. The maximum absolute atomic E-state index is 13.6. The number of amides is 3. The zero-order valence-electron chi connectivity index (χ0n) is 23.3. The average molecular weight is 575 g/mol. The summed E-state index contributed by atoms with van der Waals surface area (Å²) in [5, 5.41) is 27.5. The van der Waals surface area contributed by atoms with Gasteiger partial charge in [-0.2, -0.15) is 0 Å². The lowest BCUT2D eigenvalue weighted by Crippen LogP contribution is -2.64. The van der Waals surface area contributed by atoms with Crippen molar-refractivity contribution >= 4 is 23.7 Å². The van der Waals surface area contributed by atoms with Crippen LogP contribution in [0.1, 0.15) is 75.8 Å². The monoisotopic (exact) mass is 574 g/mol. The highest BCUT2D eigenvalue weighted by Gasteiger charge is 2.67. The van der Waals surface area contributed by atoms with Crippen LogP contribution in [-0.2, 0) is 20.9 Å². The number of imide groups is 1. The molecule has 41 heavy (non-hydrogen) atoms. The third-order valence-electron chi connectivity index (χ3n) is 9.67. The minimum absolute atomic E-state index is 0.00856. The summed E-state index contributed by atoms with van der Waals surface area (Å²) in [5.74, 6) is -2.34. The Bertz CT molecular complexity index is 1380. The summed E-state index contributed by atoms with van der Waals surface area (Å²) in [6, 6.07) is -0.887. The van der Waals surface area contributed by atoms with Crippen LogP contribution in [0.15, 0.2) is 9.59 Å². The van der Waals surface area contributed by atoms with Crippen LogP contribution >= 0.6 is 0 Å². The number of urea groups is 1. The largest absolute Gasteiger partial charge is 0.494 e. The van der Waals surface area contributed by atoms with E-state index < -0.39 is 53.2 Å². The summed E-state index contributed by atoms with van der Waals surface area (Å²) >= 11 is 0. The van der Waals surface area contributed by atoms with Crippen LogP contribution in [0.25, 0.3) is 0 Å². The Balaban J connectivity index is 1.33. The number of nitrogens with one attached hydrogen (secondary N) is 1. The van der Waals surface area contributed by atoms with Gasteiger partial charge in [0.1, 0.15) is 23.5 Å². The number of nitrogens with two attached hydrogens (primary N) is 1. The summed E-state index contributed by atoms with van der Waals surface area (Å²) < 4.78 is 7.46. The molecule has 0 radical (unpaired) electrons. The van der Waals surface area contributed by atoms with Crippen LogP contribution in [0, 0.1) is 16.7 Å². The molecule has 14 heteroatoms. The maximum atomic E-state index is 13.6. The summed E-state index contributed by atoms with van der Waals surface area (Å²) in [6.45, 7) is -0.141. The van der Waals surface area contributed by atoms with Gasteiger partial charge in [-0.15, -0.1) is 0 Å². The zero-order valence-corrected chi connectivity index (χ0v) is 23.3. The van der Waals surface area contributed by atoms with Crippen LogP contribution in [-0.4, -0.2) is 85.2 Å². The van der Waals surface area contributed by atoms with Gasteiger partial charge in [0, 0.05) is 26.2 Å². The number of hydrogen-bond acceptors (Lipinski definition) is 8. The quantitative estimate of drug-likeness (QED) is 0.143. The smallest absolute Gasteiger partial charge is 0.334 e. The summed E-state index contributed by atoms with van der Waals surface area (Å²) in [4.78, 5) is 66.3. The van der Waals surface area contributed by atoms with E-state index in [1.54, 1.807) is 0 Å². The Morgan fingerprint density at radius 2 is 1.73 bits per heavy atom. The van der Waals surface area contributed by atoms with E-state index in [0.717, 1.165) is 35.2 Å². The van der Waals surface area contributed by atoms with Gasteiger partial charge in [-0.25, -0.2) is 14.4 Å². The van der Waals surface area contributed by atoms with Crippen molar-refractivity contribution in [1.29, 1.82) is 5.41 Å². The number of rotatable bonds is 9. The number of ether oxygens (including phenoxy) is 1. The Labute approximate surface area is 236 Å². The first-order chi connectivity index (χ1) is 19.4. The molecule has 14 nitrogen and oxygen atoms in total. The van der Waals surface area contributed by atoms with Gasteiger partial charge in [-0.1, -0.05) is 12.8 Å². The molecule has 3 aliphatic carbocycles. The number of carboxylic acid groups (broad SMARTS) is 1. The minimum atomic E-state index is -1.12. The van der Waals surface area contributed by atoms with E-state index in [2.05, 4.69) is 0 Å². The summed E-state index contributed by atoms with van der Waals surface area (Å²) in [5.41, 5.74) is 2.71. The zero-order chi connectivity index (χ0) is 29.7. The molecule has 2 heterocycles. The fourth-order valence-electron chi connectivity index (χ4n) is 7.69. The first-order valence-electron chi connectivity index (χ1n) is 14.2. The first-order valence-corrected chi connectivity index (χ1v) is 14.2. The lowest BCUT2D eigenvalue weighted by molar-refractivity contribution is -0.151. The highest BCUT2D eigenvalue weighted by atomic mass is 16.5. The van der Waals surface area contributed by atoms with Crippen molar-refractivity contribution in [3.8, 4) is 5.88 Å². The number of carboxylic acids is 1. The molecule has 0 unspecified atom stereocenters. The van der Waals surface area contributed by atoms with Gasteiger partial charge in [-0.3, -0.25) is 29.0 Å². The molecule has 1 aromatic heterocycles. The Hall–Kier alpha value is -3.68. The van der Waals surface area contributed by atoms with Gasteiger partial charge in [0.15, 0.2) is 0 Å². The highest BCUT2D eigenvalue weighted by Crippen LogP contribution is 2.61. The van der Waals surface area contributed by atoms with Crippen LogP contribution < -0.4 is 17.0 Å². The predicted octanol–water partition coefficient (Wildman–Crippen LogP) is 0.819. The second-order valence-electron chi connectivity index (χ2n) is 12.2. The van der Waals surface area contributed by atoms with Crippen LogP contribution in [0.4, 0.5) is 4.79 Å². The molecule has 0 aromatic carbocycles. The minimum Gasteiger partial charge on any atom is -0.494 e. The van der Waals surface area contributed by atoms with E-state index in [4.69, 9.17) is 21.0 Å². The molecule has 1 aromatic rings. The van der Waals surface area contributed by atoms with Gasteiger partial charge < -0.3 is 25.6 Å². The number of aromatic nitrogens is 2. The van der Waals surface area contributed by atoms with E-state index in [1.165, 1.54) is 16.5 Å². The number of nitrogens with zero attached hydrogens (tertiary/aromatic N) is 4. The van der Waals surface area contributed by atoms with Crippen LogP contribution in [0.2, 0.25) is 0 Å².